The molecule has 0 aliphatic heterocycles. The minimum Gasteiger partial charge on any atom is -0.481 e. The van der Waals surface area contributed by atoms with Gasteiger partial charge in [0.05, 0.1) is 18.3 Å². The van der Waals surface area contributed by atoms with Gasteiger partial charge in [-0.05, 0) is 18.3 Å². The second kappa shape index (κ2) is 5.55. The molecule has 0 aromatic heterocycles. The maximum atomic E-state index is 12.2. The third-order valence-corrected chi connectivity index (χ3v) is 4.04. The zero-order valence-electron chi connectivity index (χ0n) is 10.9. The molecule has 2 aliphatic rings. The van der Waals surface area contributed by atoms with E-state index in [4.69, 9.17) is 10.2 Å². The van der Waals surface area contributed by atoms with E-state index < -0.39 is 48.1 Å². The van der Waals surface area contributed by atoms with Crippen LogP contribution in [-0.4, -0.2) is 45.2 Å². The molecular weight excluding hydrogens is 282 g/mol. The molecule has 2 rings (SSSR count). The molecular formula is C13H15NO7. The van der Waals surface area contributed by atoms with Gasteiger partial charge in [0.1, 0.15) is 6.04 Å². The number of amides is 1. The minimum atomic E-state index is -1.56. The van der Waals surface area contributed by atoms with Gasteiger partial charge in [0, 0.05) is 0 Å². The number of aliphatic carboxylic acids is 3. The van der Waals surface area contributed by atoms with Gasteiger partial charge in [-0.2, -0.15) is 0 Å². The fourth-order valence-corrected chi connectivity index (χ4v) is 3.16. The summed E-state index contributed by atoms with van der Waals surface area (Å²) in [5.74, 6) is -6.85. The highest BCUT2D eigenvalue weighted by Gasteiger charge is 2.52. The van der Waals surface area contributed by atoms with Crippen molar-refractivity contribution >= 4 is 23.8 Å². The van der Waals surface area contributed by atoms with Gasteiger partial charge in [-0.15, -0.1) is 0 Å². The number of carbonyl (C=O) groups is 4. The fourth-order valence-electron chi connectivity index (χ4n) is 3.16. The molecule has 0 aromatic carbocycles. The highest BCUT2D eigenvalue weighted by Crippen LogP contribution is 2.48. The Morgan fingerprint density at radius 2 is 1.62 bits per heavy atom. The van der Waals surface area contributed by atoms with Gasteiger partial charge in [-0.1, -0.05) is 12.2 Å². The molecule has 0 saturated heterocycles. The van der Waals surface area contributed by atoms with E-state index in [-0.39, 0.29) is 11.8 Å². The molecule has 2 aliphatic carbocycles. The third kappa shape index (κ3) is 2.88. The first-order valence-electron chi connectivity index (χ1n) is 6.47. The summed E-state index contributed by atoms with van der Waals surface area (Å²) in [5.41, 5.74) is 0. The van der Waals surface area contributed by atoms with Crippen molar-refractivity contribution in [2.24, 2.45) is 23.7 Å². The van der Waals surface area contributed by atoms with Crippen LogP contribution in [0, 0.1) is 23.7 Å². The number of nitrogens with one attached hydrogen (secondary N) is 1. The maximum Gasteiger partial charge on any atom is 0.326 e. The van der Waals surface area contributed by atoms with Gasteiger partial charge in [0.15, 0.2) is 0 Å². The van der Waals surface area contributed by atoms with E-state index in [9.17, 15) is 24.3 Å². The van der Waals surface area contributed by atoms with Crippen LogP contribution in [0.25, 0.3) is 0 Å². The van der Waals surface area contributed by atoms with E-state index in [1.807, 2.05) is 0 Å². The lowest BCUT2D eigenvalue weighted by Crippen LogP contribution is -2.48. The van der Waals surface area contributed by atoms with Gasteiger partial charge in [-0.25, -0.2) is 4.79 Å². The molecule has 0 spiro atoms. The molecule has 4 N–H and O–H groups in total. The van der Waals surface area contributed by atoms with Crippen LogP contribution in [0.2, 0.25) is 0 Å². The second-order valence-corrected chi connectivity index (χ2v) is 5.34. The number of rotatable bonds is 6. The number of fused-ring (bicyclic) bond motifs is 2. The SMILES string of the molecule is O=C(O)C[C@H](NC(=O)[C@H]1[C@@H](C(=O)O)[C@@H]2C=C[C@@H]1C2)C(=O)O. The Balaban J connectivity index is 2.11. The average Bonchev–Trinajstić information content (AvgIpc) is 2.96. The standard InChI is InChI=1S/C13H15NO7/c15-8(16)4-7(12(18)19)14-11(17)9-5-1-2-6(3-5)10(9)13(20)21/h1-2,5-7,9-10H,3-4H2,(H,14,17)(H,15,16)(H,18,19)(H,20,21)/t5-,6-,7+,9-,10+/m1/s1. The molecule has 0 unspecified atom stereocenters. The summed E-state index contributed by atoms with van der Waals surface area (Å²) in [6.07, 6.45) is 3.32. The Kier molecular flexibility index (Phi) is 3.97. The fraction of sp³-hybridized carbons (Fsp3) is 0.538. The molecule has 2 bridgehead atoms. The van der Waals surface area contributed by atoms with Gasteiger partial charge in [0.2, 0.25) is 5.91 Å². The summed E-state index contributed by atoms with van der Waals surface area (Å²) in [6.45, 7) is 0. The van der Waals surface area contributed by atoms with Crippen LogP contribution in [0.5, 0.6) is 0 Å². The normalized spacial score (nSPS) is 30.9. The van der Waals surface area contributed by atoms with Gasteiger partial charge < -0.3 is 20.6 Å². The van der Waals surface area contributed by atoms with Crippen molar-refractivity contribution in [3.63, 3.8) is 0 Å². The minimum absolute atomic E-state index is 0.231. The number of carboxylic acid groups (broad SMARTS) is 3. The number of carboxylic acids is 3. The van der Waals surface area contributed by atoms with Crippen LogP contribution in [0.15, 0.2) is 12.2 Å². The topological polar surface area (TPSA) is 141 Å². The monoisotopic (exact) mass is 297 g/mol. The van der Waals surface area contributed by atoms with E-state index in [2.05, 4.69) is 5.32 Å². The highest BCUT2D eigenvalue weighted by atomic mass is 16.4. The van der Waals surface area contributed by atoms with Crippen molar-refractivity contribution in [1.82, 2.24) is 5.32 Å². The van der Waals surface area contributed by atoms with Crippen molar-refractivity contribution in [1.29, 1.82) is 0 Å². The van der Waals surface area contributed by atoms with Gasteiger partial charge in [0.25, 0.3) is 0 Å². The molecule has 1 amide bonds. The molecule has 0 heterocycles. The second-order valence-electron chi connectivity index (χ2n) is 5.34. The van der Waals surface area contributed by atoms with Crippen molar-refractivity contribution in [2.75, 3.05) is 0 Å². The van der Waals surface area contributed by atoms with Crippen LogP contribution in [0.1, 0.15) is 12.8 Å². The molecule has 8 nitrogen and oxygen atoms in total. The van der Waals surface area contributed by atoms with Gasteiger partial charge in [-0.3, -0.25) is 14.4 Å². The quantitative estimate of drug-likeness (QED) is 0.487. The predicted octanol–water partition coefficient (Wildman–Crippen LogP) is -0.447. The summed E-state index contributed by atoms with van der Waals surface area (Å²) >= 11 is 0. The van der Waals surface area contributed by atoms with Crippen molar-refractivity contribution in [3.05, 3.63) is 12.2 Å². The predicted molar refractivity (Wildman–Crippen MR) is 67.2 cm³/mol. The Hall–Kier alpha value is -2.38. The first-order valence-corrected chi connectivity index (χ1v) is 6.47. The Morgan fingerprint density at radius 3 is 2.10 bits per heavy atom. The summed E-state index contributed by atoms with van der Waals surface area (Å²) in [5, 5.41) is 28.9. The molecule has 5 atom stereocenters. The highest BCUT2D eigenvalue weighted by molar-refractivity contribution is 5.91. The van der Waals surface area contributed by atoms with Crippen molar-refractivity contribution < 1.29 is 34.5 Å². The van der Waals surface area contributed by atoms with E-state index in [1.54, 1.807) is 12.2 Å². The maximum absolute atomic E-state index is 12.2. The molecule has 114 valence electrons. The van der Waals surface area contributed by atoms with Crippen LogP contribution < -0.4 is 5.32 Å². The van der Waals surface area contributed by atoms with Crippen LogP contribution in [0.3, 0.4) is 0 Å². The van der Waals surface area contributed by atoms with Crippen LogP contribution in [-0.2, 0) is 19.2 Å². The Morgan fingerprint density at radius 1 is 1.05 bits per heavy atom. The molecule has 1 saturated carbocycles. The molecule has 0 radical (unpaired) electrons. The Labute approximate surface area is 119 Å². The summed E-state index contributed by atoms with van der Waals surface area (Å²) in [7, 11) is 0. The van der Waals surface area contributed by atoms with E-state index >= 15 is 0 Å². The molecule has 0 aromatic rings. The van der Waals surface area contributed by atoms with E-state index in [0.717, 1.165) is 0 Å². The first kappa shape index (κ1) is 15.0. The zero-order chi connectivity index (χ0) is 15.7. The summed E-state index contributed by atoms with van der Waals surface area (Å²) in [6, 6.07) is -1.56. The first-order chi connectivity index (χ1) is 9.81. The van der Waals surface area contributed by atoms with E-state index in [1.165, 1.54) is 0 Å². The summed E-state index contributed by atoms with van der Waals surface area (Å²) < 4.78 is 0. The van der Waals surface area contributed by atoms with Crippen LogP contribution in [0.4, 0.5) is 0 Å². The number of hydrogen-bond acceptors (Lipinski definition) is 4. The van der Waals surface area contributed by atoms with Crippen molar-refractivity contribution in [2.45, 2.75) is 18.9 Å². The van der Waals surface area contributed by atoms with Crippen LogP contribution >= 0.6 is 0 Å². The molecule has 8 heteroatoms. The lowest BCUT2D eigenvalue weighted by molar-refractivity contribution is -0.150. The summed E-state index contributed by atoms with van der Waals surface area (Å²) in [4.78, 5) is 45.0. The number of carbonyl (C=O) groups excluding carboxylic acids is 1. The Bertz CT molecular complexity index is 527. The lowest BCUT2D eigenvalue weighted by atomic mass is 9.82. The molecule has 1 fully saturated rings. The third-order valence-electron chi connectivity index (χ3n) is 4.04. The number of hydrogen-bond donors (Lipinski definition) is 4. The smallest absolute Gasteiger partial charge is 0.326 e. The molecule has 21 heavy (non-hydrogen) atoms. The van der Waals surface area contributed by atoms with E-state index in [0.29, 0.717) is 6.42 Å². The lowest BCUT2D eigenvalue weighted by Gasteiger charge is -2.25. The average molecular weight is 297 g/mol. The van der Waals surface area contributed by atoms with Gasteiger partial charge >= 0.3 is 17.9 Å². The zero-order valence-corrected chi connectivity index (χ0v) is 10.9. The van der Waals surface area contributed by atoms with Crippen molar-refractivity contribution in [3.8, 4) is 0 Å². The largest absolute Gasteiger partial charge is 0.481 e. The number of allylic oxidation sites excluding steroid dienone is 2.